The molecule has 2 amide bonds. The van der Waals surface area contributed by atoms with Gasteiger partial charge in [0.15, 0.2) is 5.11 Å². The Labute approximate surface area is 419 Å². The maximum atomic E-state index is 13.6. The number of aryl methyl sites for hydroxylation is 2. The van der Waals surface area contributed by atoms with Crippen molar-refractivity contribution in [1.82, 2.24) is 0 Å². The molecule has 0 aromatic heterocycles. The van der Waals surface area contributed by atoms with Crippen LogP contribution in [0.2, 0.25) is 0 Å². The second-order valence-corrected chi connectivity index (χ2v) is 23.1. The van der Waals surface area contributed by atoms with Gasteiger partial charge in [-0.25, -0.2) is 0 Å². The number of thiocarbonyl (C=S) groups is 1. The van der Waals surface area contributed by atoms with Crippen LogP contribution in [0.3, 0.4) is 0 Å². The molecule has 0 unspecified atom stereocenters. The Morgan fingerprint density at radius 2 is 0.725 bits per heavy atom. The van der Waals surface area contributed by atoms with E-state index in [1.807, 2.05) is 0 Å². The van der Waals surface area contributed by atoms with Crippen molar-refractivity contribution in [3.63, 3.8) is 0 Å². The number of carbonyl (C=O) groups excluding carboxylic acids is 2. The Kier molecular flexibility index (Phi) is 15.3. The SMILES string of the molecule is Cc1ccc(C(=O)Nc2ccc(S(=O)(=O)O)c3cc(S(=O)(=O)O)cc(S(=O)(=O)O)c23)cc1NC(=S)Nc1cc(C(=O)Nc2ccc(S(=O)(=O)O)c3cc(S(=O)(=O)O)cc(S(=O)(=O)O)c23)ccc1C.[Na]. The molecule has 0 saturated heterocycles. The number of rotatable bonds is 12. The molecule has 32 heteroatoms. The summed E-state index contributed by atoms with van der Waals surface area (Å²) in [6.07, 6.45) is 0. The third-order valence-electron chi connectivity index (χ3n) is 9.72. The van der Waals surface area contributed by atoms with Crippen molar-refractivity contribution in [2.24, 2.45) is 0 Å². The Hall–Kier alpha value is -5.07. The number of hydrogen-bond donors (Lipinski definition) is 10. The second-order valence-electron chi connectivity index (χ2n) is 14.3. The van der Waals surface area contributed by atoms with Gasteiger partial charge in [0.25, 0.3) is 72.5 Å². The van der Waals surface area contributed by atoms with Crippen LogP contribution < -0.4 is 21.3 Å². The van der Waals surface area contributed by atoms with Crippen molar-refractivity contribution in [1.29, 1.82) is 0 Å². The van der Waals surface area contributed by atoms with Crippen molar-refractivity contribution in [2.75, 3.05) is 21.3 Å². The molecule has 0 atom stereocenters. The monoisotopic (exact) mass is 1100 g/mol. The molecule has 0 aliphatic heterocycles. The minimum Gasteiger partial charge on any atom is -0.332 e. The molecule has 6 rings (SSSR count). The van der Waals surface area contributed by atoms with E-state index >= 15 is 0 Å². The summed E-state index contributed by atoms with van der Waals surface area (Å²) in [4.78, 5) is 20.3. The summed E-state index contributed by atoms with van der Waals surface area (Å²) in [7, 11) is -31.8. The fourth-order valence-electron chi connectivity index (χ4n) is 6.61. The molecule has 69 heavy (non-hydrogen) atoms. The minimum atomic E-state index is -5.43. The number of benzene rings is 6. The maximum Gasteiger partial charge on any atom is 0.295 e. The van der Waals surface area contributed by atoms with E-state index < -0.39 is 135 Å². The van der Waals surface area contributed by atoms with Crippen LogP contribution in [0.1, 0.15) is 31.8 Å². The van der Waals surface area contributed by atoms with E-state index in [2.05, 4.69) is 21.3 Å². The fraction of sp³-hybridized carbons (Fsp3) is 0.0541. The molecule has 0 aliphatic carbocycles. The van der Waals surface area contributed by atoms with Crippen LogP contribution in [-0.4, -0.2) is 124 Å². The van der Waals surface area contributed by atoms with Gasteiger partial charge in [0.2, 0.25) is 0 Å². The molecule has 6 aromatic carbocycles. The van der Waals surface area contributed by atoms with Gasteiger partial charge >= 0.3 is 0 Å². The summed E-state index contributed by atoms with van der Waals surface area (Å²) in [5.74, 6) is -1.99. The fourth-order valence-corrected chi connectivity index (χ4v) is 10.9. The van der Waals surface area contributed by atoms with Gasteiger partial charge in [0.05, 0.1) is 21.2 Å². The van der Waals surface area contributed by atoms with Crippen molar-refractivity contribution < 1.29 is 87.4 Å². The zero-order chi connectivity index (χ0) is 50.9. The summed E-state index contributed by atoms with van der Waals surface area (Å²) in [5.41, 5.74) is -0.0220. The van der Waals surface area contributed by atoms with Gasteiger partial charge in [0, 0.05) is 73.6 Å². The molecule has 361 valence electrons. The molecular formula is C37H30N4NaO20S7. The van der Waals surface area contributed by atoms with Crippen molar-refractivity contribution in [2.45, 2.75) is 43.2 Å². The average molecular weight is 1100 g/mol. The topological polar surface area (TPSA) is 408 Å². The van der Waals surface area contributed by atoms with Crippen LogP contribution in [0.25, 0.3) is 21.5 Å². The van der Waals surface area contributed by atoms with Crippen LogP contribution in [0.5, 0.6) is 0 Å². The molecule has 0 aliphatic rings. The van der Waals surface area contributed by atoms with E-state index in [1.165, 1.54) is 36.4 Å². The zero-order valence-corrected chi connectivity index (χ0v) is 42.6. The first kappa shape index (κ1) is 54.9. The molecule has 0 heterocycles. The molecule has 1 radical (unpaired) electrons. The Bertz CT molecular complexity index is 3690. The number of fused-ring (bicyclic) bond motifs is 2. The Morgan fingerprint density at radius 1 is 0.406 bits per heavy atom. The molecule has 6 aromatic rings. The summed E-state index contributed by atoms with van der Waals surface area (Å²) in [6, 6.07) is 12.7. The summed E-state index contributed by atoms with van der Waals surface area (Å²) < 4.78 is 205. The summed E-state index contributed by atoms with van der Waals surface area (Å²) >= 11 is 5.48. The van der Waals surface area contributed by atoms with E-state index in [1.54, 1.807) is 13.8 Å². The summed E-state index contributed by atoms with van der Waals surface area (Å²) in [6.45, 7) is 3.19. The summed E-state index contributed by atoms with van der Waals surface area (Å²) in [5, 5.41) is 7.02. The first-order chi connectivity index (χ1) is 31.0. The standard InChI is InChI=1S/C37H30N4O20S7.Na/c1-17-3-5-19(35(42)38-25-7-9-29(65(50,51)52)23-13-21(63(44,45)46)15-31(33(23)25)67(56,57)58)11-27(17)40-37(62)41-28-12-20(6-4-18(28)2)36(43)39-26-8-10-30(66(53,54)55)24-14-22(64(47,48)49)16-32(34(24)26)68(59,60)61;/h3-16H,1-2H3,(H,38,42)(H,39,43)(H2,40,41,62)(H,44,45,46)(H,47,48,49)(H,50,51,52)(H,53,54,55)(H,56,57,58)(H,59,60,61);. The van der Waals surface area contributed by atoms with Crippen LogP contribution in [-0.2, 0) is 60.7 Å². The number of amides is 2. The predicted octanol–water partition coefficient (Wildman–Crippen LogP) is 4.02. The van der Waals surface area contributed by atoms with Crippen LogP contribution in [0.4, 0.5) is 22.7 Å². The quantitative estimate of drug-likeness (QED) is 0.0470. The average Bonchev–Trinajstić information content (AvgIpc) is 3.19. The second kappa shape index (κ2) is 19.3. The van der Waals surface area contributed by atoms with Gasteiger partial charge in [-0.3, -0.25) is 36.9 Å². The van der Waals surface area contributed by atoms with Crippen molar-refractivity contribution >= 4 is 164 Å². The van der Waals surface area contributed by atoms with Crippen LogP contribution >= 0.6 is 12.2 Å². The van der Waals surface area contributed by atoms with Gasteiger partial charge in [-0.05, 0) is 110 Å². The molecule has 0 saturated carbocycles. The molecule has 0 spiro atoms. The van der Waals surface area contributed by atoms with Gasteiger partial charge in [0.1, 0.15) is 19.6 Å². The molecule has 10 N–H and O–H groups in total. The zero-order valence-electron chi connectivity index (χ0n) is 34.8. The maximum absolute atomic E-state index is 13.6. The first-order valence-electron chi connectivity index (χ1n) is 18.0. The normalized spacial score (nSPS) is 12.5. The van der Waals surface area contributed by atoms with E-state index in [0.29, 0.717) is 47.5 Å². The Morgan fingerprint density at radius 3 is 1.01 bits per heavy atom. The first-order valence-corrected chi connectivity index (χ1v) is 27.1. The number of anilines is 4. The molecule has 0 fully saturated rings. The molecular weight excluding hydrogens is 1070 g/mol. The minimum absolute atomic E-state index is 0. The number of hydrogen-bond acceptors (Lipinski definition) is 15. The van der Waals surface area contributed by atoms with Gasteiger partial charge in [-0.2, -0.15) is 50.5 Å². The van der Waals surface area contributed by atoms with Crippen molar-refractivity contribution in [3.05, 3.63) is 107 Å². The van der Waals surface area contributed by atoms with Crippen LogP contribution in [0.15, 0.2) is 114 Å². The van der Waals surface area contributed by atoms with Gasteiger partial charge < -0.3 is 21.3 Å². The van der Waals surface area contributed by atoms with E-state index in [4.69, 9.17) is 12.2 Å². The third-order valence-corrected chi connectivity index (χ3v) is 15.2. The van der Waals surface area contributed by atoms with Crippen molar-refractivity contribution in [3.8, 4) is 0 Å². The van der Waals surface area contributed by atoms with E-state index in [-0.39, 0.29) is 57.2 Å². The van der Waals surface area contributed by atoms with E-state index in [9.17, 15) is 87.4 Å². The van der Waals surface area contributed by atoms with Crippen LogP contribution in [0, 0.1) is 13.8 Å². The smallest absolute Gasteiger partial charge is 0.295 e. The Balaban J connectivity index is 0.00000888. The third kappa shape index (κ3) is 12.1. The van der Waals surface area contributed by atoms with Gasteiger partial charge in [-0.15, -0.1) is 0 Å². The van der Waals surface area contributed by atoms with Gasteiger partial charge in [-0.1, -0.05) is 12.1 Å². The molecule has 24 nitrogen and oxygen atoms in total. The molecule has 0 bridgehead atoms. The predicted molar refractivity (Wildman–Crippen MR) is 251 cm³/mol. The number of nitrogens with one attached hydrogen (secondary N) is 4. The van der Waals surface area contributed by atoms with E-state index in [0.717, 1.165) is 12.1 Å². The largest absolute Gasteiger partial charge is 0.332 e. The number of carbonyl (C=O) groups is 2.